The monoisotopic (exact) mass is 328 g/mol. The molecule has 0 spiro atoms. The highest BCUT2D eigenvalue weighted by Gasteiger charge is 2.23. The molecule has 0 unspecified atom stereocenters. The Hall–Kier alpha value is -2.14. The molecular weight excluding hydrogens is 308 g/mol. The van der Waals surface area contributed by atoms with Gasteiger partial charge in [-0.3, -0.25) is 4.79 Å². The van der Waals surface area contributed by atoms with Crippen LogP contribution in [-0.2, 0) is 13.5 Å². The number of thiophene rings is 1. The SMILES string of the molecule is CCc1sc2cc(C)cc(C)c2c1-c1c(O)c(C)nn(C)c1=O. The molecule has 2 heterocycles. The first-order valence-electron chi connectivity index (χ1n) is 7.65. The van der Waals surface area contributed by atoms with Gasteiger partial charge in [0.2, 0.25) is 0 Å². The molecular formula is C18H20N2O2S. The normalized spacial score (nSPS) is 11.3. The summed E-state index contributed by atoms with van der Waals surface area (Å²) in [6.45, 7) is 7.92. The van der Waals surface area contributed by atoms with E-state index in [4.69, 9.17) is 0 Å². The van der Waals surface area contributed by atoms with Gasteiger partial charge in [-0.05, 0) is 44.4 Å². The van der Waals surface area contributed by atoms with Gasteiger partial charge in [0.1, 0.15) is 5.69 Å². The summed E-state index contributed by atoms with van der Waals surface area (Å²) < 4.78 is 2.46. The highest BCUT2D eigenvalue weighted by molar-refractivity contribution is 7.19. The minimum atomic E-state index is -0.262. The Morgan fingerprint density at radius 3 is 2.57 bits per heavy atom. The average molecular weight is 328 g/mol. The lowest BCUT2D eigenvalue weighted by molar-refractivity contribution is 0.460. The van der Waals surface area contributed by atoms with E-state index in [0.717, 1.165) is 32.5 Å². The molecule has 1 N–H and O–H groups in total. The molecule has 2 aromatic heterocycles. The van der Waals surface area contributed by atoms with Crippen LogP contribution in [0.3, 0.4) is 0 Å². The zero-order chi connectivity index (χ0) is 16.9. The summed E-state index contributed by atoms with van der Waals surface area (Å²) in [6.07, 6.45) is 0.817. The molecule has 0 aliphatic heterocycles. The van der Waals surface area contributed by atoms with Gasteiger partial charge in [0.15, 0.2) is 5.75 Å². The topological polar surface area (TPSA) is 55.1 Å². The highest BCUT2D eigenvalue weighted by Crippen LogP contribution is 2.43. The van der Waals surface area contributed by atoms with Gasteiger partial charge in [0, 0.05) is 27.6 Å². The number of fused-ring (bicyclic) bond motifs is 1. The molecule has 5 heteroatoms. The van der Waals surface area contributed by atoms with E-state index in [-0.39, 0.29) is 11.3 Å². The van der Waals surface area contributed by atoms with Gasteiger partial charge < -0.3 is 5.11 Å². The molecule has 0 atom stereocenters. The van der Waals surface area contributed by atoms with E-state index < -0.39 is 0 Å². The van der Waals surface area contributed by atoms with E-state index in [2.05, 4.69) is 38.0 Å². The molecule has 1 aromatic carbocycles. The molecule has 0 fully saturated rings. The minimum absolute atomic E-state index is 0.0116. The summed E-state index contributed by atoms with van der Waals surface area (Å²) in [4.78, 5) is 13.8. The summed E-state index contributed by atoms with van der Waals surface area (Å²) in [7, 11) is 1.62. The number of hydrogen-bond acceptors (Lipinski definition) is 4. The van der Waals surface area contributed by atoms with Crippen molar-refractivity contribution < 1.29 is 5.11 Å². The molecule has 4 nitrogen and oxygen atoms in total. The fraction of sp³-hybridized carbons (Fsp3) is 0.333. The predicted molar refractivity (Wildman–Crippen MR) is 95.6 cm³/mol. The third kappa shape index (κ3) is 2.36. The fourth-order valence-corrected chi connectivity index (χ4v) is 4.48. The maximum absolute atomic E-state index is 12.7. The molecule has 0 radical (unpaired) electrons. The van der Waals surface area contributed by atoms with E-state index >= 15 is 0 Å². The van der Waals surface area contributed by atoms with Crippen LogP contribution in [0.25, 0.3) is 21.2 Å². The Morgan fingerprint density at radius 2 is 1.91 bits per heavy atom. The van der Waals surface area contributed by atoms with Crippen molar-refractivity contribution >= 4 is 21.4 Å². The summed E-state index contributed by atoms with van der Waals surface area (Å²) in [5.41, 5.74) is 3.77. The Bertz CT molecular complexity index is 983. The van der Waals surface area contributed by atoms with Gasteiger partial charge >= 0.3 is 0 Å². The van der Waals surface area contributed by atoms with Crippen molar-refractivity contribution in [2.45, 2.75) is 34.1 Å². The van der Waals surface area contributed by atoms with Gasteiger partial charge in [0.25, 0.3) is 5.56 Å². The van der Waals surface area contributed by atoms with E-state index in [1.165, 1.54) is 10.2 Å². The fourth-order valence-electron chi connectivity index (χ4n) is 3.15. The molecule has 0 saturated heterocycles. The van der Waals surface area contributed by atoms with Crippen molar-refractivity contribution in [3.63, 3.8) is 0 Å². The van der Waals surface area contributed by atoms with Gasteiger partial charge in [-0.1, -0.05) is 13.0 Å². The maximum Gasteiger partial charge on any atom is 0.278 e. The zero-order valence-corrected chi connectivity index (χ0v) is 14.8. The first kappa shape index (κ1) is 15.7. The van der Waals surface area contributed by atoms with Crippen molar-refractivity contribution in [2.24, 2.45) is 7.05 Å². The van der Waals surface area contributed by atoms with E-state index in [9.17, 15) is 9.90 Å². The lowest BCUT2D eigenvalue weighted by Crippen LogP contribution is -2.22. The van der Waals surface area contributed by atoms with Gasteiger partial charge in [-0.25, -0.2) is 4.68 Å². The molecule has 0 aliphatic rings. The zero-order valence-electron chi connectivity index (χ0n) is 14.0. The Balaban J connectivity index is 2.53. The average Bonchev–Trinajstić information content (AvgIpc) is 2.84. The van der Waals surface area contributed by atoms with Crippen LogP contribution in [0.2, 0.25) is 0 Å². The van der Waals surface area contributed by atoms with Crippen LogP contribution in [0.1, 0.15) is 28.6 Å². The summed E-state index contributed by atoms with van der Waals surface area (Å²) in [5, 5.41) is 15.7. The quantitative estimate of drug-likeness (QED) is 0.777. The molecule has 0 aliphatic carbocycles. The minimum Gasteiger partial charge on any atom is -0.505 e. The van der Waals surface area contributed by atoms with Gasteiger partial charge in [-0.2, -0.15) is 5.10 Å². The Labute approximate surface area is 139 Å². The van der Waals surface area contributed by atoms with Crippen LogP contribution in [0.4, 0.5) is 0 Å². The number of benzene rings is 1. The smallest absolute Gasteiger partial charge is 0.278 e. The first-order valence-corrected chi connectivity index (χ1v) is 8.46. The molecule has 3 aromatic rings. The molecule has 0 bridgehead atoms. The molecule has 23 heavy (non-hydrogen) atoms. The van der Waals surface area contributed by atoms with Crippen LogP contribution in [0.5, 0.6) is 5.75 Å². The van der Waals surface area contributed by atoms with Crippen molar-refractivity contribution in [1.82, 2.24) is 9.78 Å². The Kier molecular flexibility index (Phi) is 3.76. The van der Waals surface area contributed by atoms with Crippen LogP contribution >= 0.6 is 11.3 Å². The molecule has 0 amide bonds. The van der Waals surface area contributed by atoms with Crippen LogP contribution in [0.15, 0.2) is 16.9 Å². The van der Waals surface area contributed by atoms with E-state index in [1.807, 2.05) is 0 Å². The second-order valence-corrected chi connectivity index (χ2v) is 7.08. The van der Waals surface area contributed by atoms with Gasteiger partial charge in [0.05, 0.1) is 5.56 Å². The number of nitrogens with zero attached hydrogens (tertiary/aromatic N) is 2. The number of hydrogen-bond donors (Lipinski definition) is 1. The van der Waals surface area contributed by atoms with Crippen molar-refractivity contribution in [2.75, 3.05) is 0 Å². The van der Waals surface area contributed by atoms with Crippen molar-refractivity contribution in [3.05, 3.63) is 44.2 Å². The third-order valence-corrected chi connectivity index (χ3v) is 5.45. The number of aromatic hydroxyl groups is 1. The maximum atomic E-state index is 12.7. The van der Waals surface area contributed by atoms with Crippen LogP contribution < -0.4 is 5.56 Å². The number of aromatic nitrogens is 2. The summed E-state index contributed by atoms with van der Waals surface area (Å²) in [5.74, 6) is -0.0116. The van der Waals surface area contributed by atoms with Crippen LogP contribution in [0, 0.1) is 20.8 Å². The lowest BCUT2D eigenvalue weighted by atomic mass is 9.97. The third-order valence-electron chi connectivity index (χ3n) is 4.16. The van der Waals surface area contributed by atoms with Crippen molar-refractivity contribution in [1.29, 1.82) is 0 Å². The Morgan fingerprint density at radius 1 is 1.22 bits per heavy atom. The number of rotatable bonds is 2. The number of aryl methyl sites for hydroxylation is 5. The standard InChI is InChI=1S/C18H20N2O2S/c1-6-12-15(14-10(3)7-9(2)8-13(14)23-12)16-17(21)11(4)19-20(5)18(16)22/h7-8,21H,6H2,1-5H3. The van der Waals surface area contributed by atoms with E-state index in [0.29, 0.717) is 11.3 Å². The van der Waals surface area contributed by atoms with Crippen molar-refractivity contribution in [3.8, 4) is 16.9 Å². The second-order valence-electron chi connectivity index (χ2n) is 5.95. The molecule has 120 valence electrons. The molecule has 0 saturated carbocycles. The predicted octanol–water partition coefficient (Wildman–Crippen LogP) is 3.86. The largest absolute Gasteiger partial charge is 0.505 e. The first-order chi connectivity index (χ1) is 10.8. The lowest BCUT2D eigenvalue weighted by Gasteiger charge is -2.11. The van der Waals surface area contributed by atoms with Gasteiger partial charge in [-0.15, -0.1) is 11.3 Å². The molecule has 3 rings (SSSR count). The summed E-state index contributed by atoms with van der Waals surface area (Å²) >= 11 is 1.70. The highest BCUT2D eigenvalue weighted by atomic mass is 32.1. The van der Waals surface area contributed by atoms with Crippen LogP contribution in [-0.4, -0.2) is 14.9 Å². The van der Waals surface area contributed by atoms with E-state index in [1.54, 1.807) is 25.3 Å². The summed E-state index contributed by atoms with van der Waals surface area (Å²) in [6, 6.07) is 4.26. The second kappa shape index (κ2) is 5.49.